The lowest BCUT2D eigenvalue weighted by Crippen LogP contribution is -2.46. The minimum Gasteiger partial charge on any atom is -0.374 e. The molecule has 0 radical (unpaired) electrons. The maximum atomic E-state index is 12.0. The van der Waals surface area contributed by atoms with Crippen LogP contribution in [0.4, 0.5) is 5.95 Å². The van der Waals surface area contributed by atoms with Crippen molar-refractivity contribution in [3.63, 3.8) is 0 Å². The van der Waals surface area contributed by atoms with E-state index in [-0.39, 0.29) is 11.7 Å². The number of aromatic nitrogens is 2. The van der Waals surface area contributed by atoms with Crippen molar-refractivity contribution in [3.05, 3.63) is 34.6 Å². The molecule has 3 rings (SSSR count). The van der Waals surface area contributed by atoms with Crippen molar-refractivity contribution in [1.82, 2.24) is 14.9 Å². The summed E-state index contributed by atoms with van der Waals surface area (Å²) < 4.78 is 5.81. The van der Waals surface area contributed by atoms with E-state index < -0.39 is 0 Å². The second-order valence-electron chi connectivity index (χ2n) is 6.46. The van der Waals surface area contributed by atoms with Crippen molar-refractivity contribution in [2.45, 2.75) is 20.0 Å². The number of H-pyrrole nitrogens is 1. The van der Waals surface area contributed by atoms with E-state index in [1.54, 1.807) is 6.07 Å². The minimum absolute atomic E-state index is 0.110. The summed E-state index contributed by atoms with van der Waals surface area (Å²) in [6, 6.07) is 7.34. The van der Waals surface area contributed by atoms with Crippen LogP contribution in [-0.2, 0) is 4.74 Å². The van der Waals surface area contributed by atoms with E-state index in [4.69, 9.17) is 4.74 Å². The molecule has 1 atom stereocenters. The highest BCUT2D eigenvalue weighted by Crippen LogP contribution is 2.10. The van der Waals surface area contributed by atoms with Crippen LogP contribution in [0, 0.1) is 5.92 Å². The van der Waals surface area contributed by atoms with Gasteiger partial charge in [0.25, 0.3) is 5.56 Å². The topological polar surface area (TPSA) is 70.2 Å². The second-order valence-corrected chi connectivity index (χ2v) is 6.46. The lowest BCUT2D eigenvalue weighted by atomic mass is 10.2. The van der Waals surface area contributed by atoms with E-state index >= 15 is 0 Å². The normalized spacial score (nSPS) is 19.3. The molecule has 2 N–H and O–H groups in total. The number of hydrogen-bond acceptors (Lipinski definition) is 5. The van der Waals surface area contributed by atoms with E-state index in [2.05, 4.69) is 34.0 Å². The molecule has 0 aliphatic carbocycles. The third-order valence-electron chi connectivity index (χ3n) is 3.96. The zero-order chi connectivity index (χ0) is 16.2. The molecular weight excluding hydrogens is 292 g/mol. The monoisotopic (exact) mass is 316 g/mol. The molecule has 6 heteroatoms. The summed E-state index contributed by atoms with van der Waals surface area (Å²) >= 11 is 0. The van der Waals surface area contributed by atoms with Crippen LogP contribution < -0.4 is 10.9 Å². The minimum atomic E-state index is -0.121. The van der Waals surface area contributed by atoms with Crippen LogP contribution in [0.5, 0.6) is 0 Å². The van der Waals surface area contributed by atoms with Crippen molar-refractivity contribution in [3.8, 4) is 0 Å². The first-order valence-electron chi connectivity index (χ1n) is 8.18. The lowest BCUT2D eigenvalue weighted by Gasteiger charge is -2.34. The van der Waals surface area contributed by atoms with Gasteiger partial charge >= 0.3 is 0 Å². The molecule has 2 aromatic rings. The molecule has 124 valence electrons. The molecule has 1 fully saturated rings. The molecule has 0 spiro atoms. The van der Waals surface area contributed by atoms with Crippen molar-refractivity contribution in [2.75, 3.05) is 38.1 Å². The zero-order valence-electron chi connectivity index (χ0n) is 13.7. The number of benzene rings is 1. The van der Waals surface area contributed by atoms with Crippen molar-refractivity contribution in [2.24, 2.45) is 5.92 Å². The summed E-state index contributed by atoms with van der Waals surface area (Å²) in [6.45, 7) is 8.82. The SMILES string of the molecule is CC(C)CN1CCOC(CNc2nc3ccccc3c(=O)[nH]2)C1. The molecule has 2 heterocycles. The fourth-order valence-corrected chi connectivity index (χ4v) is 2.97. The maximum absolute atomic E-state index is 12.0. The van der Waals surface area contributed by atoms with Gasteiger partial charge < -0.3 is 10.1 Å². The predicted molar refractivity (Wildman–Crippen MR) is 91.9 cm³/mol. The van der Waals surface area contributed by atoms with Crippen LogP contribution in [-0.4, -0.2) is 53.8 Å². The Bertz CT molecular complexity index is 713. The average Bonchev–Trinajstić information content (AvgIpc) is 2.53. The number of nitrogens with one attached hydrogen (secondary N) is 2. The summed E-state index contributed by atoms with van der Waals surface area (Å²) in [7, 11) is 0. The molecule has 1 aromatic heterocycles. The van der Waals surface area contributed by atoms with Gasteiger partial charge in [0.1, 0.15) is 0 Å². The Morgan fingerprint density at radius 1 is 1.43 bits per heavy atom. The third kappa shape index (κ3) is 4.09. The first kappa shape index (κ1) is 16.0. The Morgan fingerprint density at radius 2 is 2.26 bits per heavy atom. The third-order valence-corrected chi connectivity index (χ3v) is 3.96. The van der Waals surface area contributed by atoms with Crippen LogP contribution in [0.3, 0.4) is 0 Å². The fraction of sp³-hybridized carbons (Fsp3) is 0.529. The van der Waals surface area contributed by atoms with Gasteiger partial charge in [0.05, 0.1) is 23.6 Å². The second kappa shape index (κ2) is 7.10. The van der Waals surface area contributed by atoms with Gasteiger partial charge in [0, 0.05) is 26.2 Å². The van der Waals surface area contributed by atoms with Gasteiger partial charge in [-0.25, -0.2) is 4.98 Å². The standard InChI is InChI=1S/C17H24N4O2/c1-12(2)10-21-7-8-23-13(11-21)9-18-17-19-15-6-4-3-5-14(15)16(22)20-17/h3-6,12-13H,7-11H2,1-2H3,(H2,18,19,20,22). The molecule has 1 unspecified atom stereocenters. The number of aromatic amines is 1. The number of morpholine rings is 1. The summed E-state index contributed by atoms with van der Waals surface area (Å²) in [4.78, 5) is 21.7. The smallest absolute Gasteiger partial charge is 0.260 e. The van der Waals surface area contributed by atoms with Crippen molar-refractivity contribution < 1.29 is 4.74 Å². The van der Waals surface area contributed by atoms with Gasteiger partial charge in [-0.3, -0.25) is 14.7 Å². The lowest BCUT2D eigenvalue weighted by molar-refractivity contribution is -0.0244. The van der Waals surface area contributed by atoms with Crippen LogP contribution in [0.25, 0.3) is 10.9 Å². The molecule has 0 saturated carbocycles. The number of nitrogens with zero attached hydrogens (tertiary/aromatic N) is 2. The van der Waals surface area contributed by atoms with Gasteiger partial charge in [-0.1, -0.05) is 26.0 Å². The first-order chi connectivity index (χ1) is 11.1. The number of hydrogen-bond donors (Lipinski definition) is 2. The highest BCUT2D eigenvalue weighted by molar-refractivity contribution is 5.78. The van der Waals surface area contributed by atoms with Crippen LogP contribution in [0.1, 0.15) is 13.8 Å². The van der Waals surface area contributed by atoms with E-state index in [1.165, 1.54) is 0 Å². The van der Waals surface area contributed by atoms with Crippen molar-refractivity contribution >= 4 is 16.9 Å². The summed E-state index contributed by atoms with van der Waals surface area (Å²) in [5.74, 6) is 1.15. The Hall–Kier alpha value is -1.92. The van der Waals surface area contributed by atoms with Gasteiger partial charge in [-0.05, 0) is 18.1 Å². The van der Waals surface area contributed by atoms with Crippen LogP contribution in [0.2, 0.25) is 0 Å². The largest absolute Gasteiger partial charge is 0.374 e. The highest BCUT2D eigenvalue weighted by atomic mass is 16.5. The van der Waals surface area contributed by atoms with E-state index in [1.807, 2.05) is 18.2 Å². The number of rotatable bonds is 5. The summed E-state index contributed by atoms with van der Waals surface area (Å²) in [5.41, 5.74) is 0.578. The Kier molecular flexibility index (Phi) is 4.93. The Morgan fingerprint density at radius 3 is 3.09 bits per heavy atom. The molecule has 0 bridgehead atoms. The number of ether oxygens (including phenoxy) is 1. The molecule has 0 amide bonds. The summed E-state index contributed by atoms with van der Waals surface area (Å²) in [5, 5.41) is 3.81. The highest BCUT2D eigenvalue weighted by Gasteiger charge is 2.21. The van der Waals surface area contributed by atoms with E-state index in [0.29, 0.717) is 29.3 Å². The number of para-hydroxylation sites is 1. The molecule has 23 heavy (non-hydrogen) atoms. The quantitative estimate of drug-likeness (QED) is 0.878. The Balaban J connectivity index is 1.63. The number of anilines is 1. The number of fused-ring (bicyclic) bond motifs is 1. The molecule has 1 aliphatic rings. The van der Waals surface area contributed by atoms with E-state index in [0.717, 1.165) is 26.2 Å². The fourth-order valence-electron chi connectivity index (χ4n) is 2.97. The molecule has 1 saturated heterocycles. The van der Waals surface area contributed by atoms with Crippen LogP contribution >= 0.6 is 0 Å². The van der Waals surface area contributed by atoms with Crippen LogP contribution in [0.15, 0.2) is 29.1 Å². The van der Waals surface area contributed by atoms with Crippen molar-refractivity contribution in [1.29, 1.82) is 0 Å². The molecule has 1 aromatic carbocycles. The predicted octanol–water partition coefficient (Wildman–Crippen LogP) is 1.69. The Labute approximate surface area is 135 Å². The average molecular weight is 316 g/mol. The summed E-state index contributed by atoms with van der Waals surface area (Å²) in [6.07, 6.45) is 0.110. The van der Waals surface area contributed by atoms with Gasteiger partial charge in [-0.15, -0.1) is 0 Å². The molecule has 1 aliphatic heterocycles. The zero-order valence-corrected chi connectivity index (χ0v) is 13.7. The van der Waals surface area contributed by atoms with Gasteiger partial charge in [0.15, 0.2) is 0 Å². The molecular formula is C17H24N4O2. The first-order valence-corrected chi connectivity index (χ1v) is 8.18. The van der Waals surface area contributed by atoms with Gasteiger partial charge in [0.2, 0.25) is 5.95 Å². The van der Waals surface area contributed by atoms with Gasteiger partial charge in [-0.2, -0.15) is 0 Å². The molecule has 6 nitrogen and oxygen atoms in total. The maximum Gasteiger partial charge on any atom is 0.260 e. The van der Waals surface area contributed by atoms with E-state index in [9.17, 15) is 4.79 Å².